The van der Waals surface area contributed by atoms with Crippen LogP contribution in [0.4, 0.5) is 0 Å². The van der Waals surface area contributed by atoms with Crippen LogP contribution in [-0.2, 0) is 20.0 Å². The molecule has 2 heterocycles. The first kappa shape index (κ1) is 21.8. The van der Waals surface area contributed by atoms with Crippen molar-refractivity contribution in [1.29, 1.82) is 0 Å². The average Bonchev–Trinajstić information content (AvgIpc) is 2.98. The minimum atomic E-state index is -4.04. The van der Waals surface area contributed by atoms with Gasteiger partial charge in [-0.2, -0.15) is 21.9 Å². The maximum absolute atomic E-state index is 13.2. The van der Waals surface area contributed by atoms with Gasteiger partial charge in [0.05, 0.1) is 22.9 Å². The molecule has 0 aliphatic carbocycles. The Morgan fingerprint density at radius 3 is 2.34 bits per heavy atom. The molecule has 160 valence electrons. The van der Waals surface area contributed by atoms with Crippen molar-refractivity contribution in [3.63, 3.8) is 0 Å². The average molecular weight is 442 g/mol. The lowest BCUT2D eigenvalue weighted by Gasteiger charge is -2.30. The fraction of sp³-hybridized carbons (Fsp3) is 0.526. The zero-order valence-electron chi connectivity index (χ0n) is 17.1. The first-order valence-electron chi connectivity index (χ1n) is 9.63. The van der Waals surface area contributed by atoms with E-state index in [0.717, 1.165) is 16.9 Å². The number of nitrogens with zero attached hydrogens (tertiary/aromatic N) is 3. The van der Waals surface area contributed by atoms with Crippen molar-refractivity contribution in [3.05, 3.63) is 35.7 Å². The van der Waals surface area contributed by atoms with Crippen LogP contribution in [0.3, 0.4) is 0 Å². The second kappa shape index (κ2) is 8.08. The predicted molar refractivity (Wildman–Crippen MR) is 109 cm³/mol. The molecule has 1 aliphatic heterocycles. The number of hydrogen-bond donors (Lipinski definition) is 0. The van der Waals surface area contributed by atoms with Crippen LogP contribution in [0.15, 0.2) is 34.1 Å². The molecule has 1 aliphatic rings. The van der Waals surface area contributed by atoms with Gasteiger partial charge in [0.1, 0.15) is 10.6 Å². The highest BCUT2D eigenvalue weighted by Crippen LogP contribution is 2.29. The molecule has 29 heavy (non-hydrogen) atoms. The maximum Gasteiger partial charge on any atom is 0.283 e. The Hall–Kier alpha value is -1.91. The summed E-state index contributed by atoms with van der Waals surface area (Å²) in [6, 6.07) is 5.98. The van der Waals surface area contributed by atoms with Crippen molar-refractivity contribution in [2.75, 3.05) is 19.7 Å². The number of sulfonamides is 1. The summed E-state index contributed by atoms with van der Waals surface area (Å²) in [4.78, 5) is -0.0109. The molecule has 0 radical (unpaired) electrons. The minimum Gasteiger partial charge on any atom is -0.494 e. The topological polar surface area (TPSA) is 98.6 Å². The minimum absolute atomic E-state index is 0.0158. The summed E-state index contributed by atoms with van der Waals surface area (Å²) < 4.78 is 60.2. The van der Waals surface area contributed by atoms with E-state index in [0.29, 0.717) is 25.4 Å². The van der Waals surface area contributed by atoms with E-state index >= 15 is 0 Å². The predicted octanol–water partition coefficient (Wildman–Crippen LogP) is 2.56. The van der Waals surface area contributed by atoms with E-state index in [1.165, 1.54) is 30.3 Å². The molecule has 0 amide bonds. The fourth-order valence-electron chi connectivity index (χ4n) is 3.68. The molecule has 0 unspecified atom stereocenters. The lowest BCUT2D eigenvalue weighted by atomic mass is 10.0. The van der Waals surface area contributed by atoms with Crippen LogP contribution in [0.25, 0.3) is 0 Å². The van der Waals surface area contributed by atoms with Gasteiger partial charge >= 0.3 is 0 Å². The van der Waals surface area contributed by atoms with Gasteiger partial charge in [0.2, 0.25) is 10.0 Å². The molecule has 1 aromatic carbocycles. The SMILES string of the molecule is CCOc1ccc(S(=O)(=O)n2nc(C)c(S(=O)(=O)N3CCC[C@H](C)C3)c2C)cc1. The number of hydrogen-bond acceptors (Lipinski definition) is 6. The highest BCUT2D eigenvalue weighted by Gasteiger charge is 2.35. The Morgan fingerprint density at radius 1 is 1.10 bits per heavy atom. The summed E-state index contributed by atoms with van der Waals surface area (Å²) in [6.45, 7) is 8.19. The summed E-state index contributed by atoms with van der Waals surface area (Å²) in [5, 5.41) is 4.09. The van der Waals surface area contributed by atoms with Crippen molar-refractivity contribution < 1.29 is 21.6 Å². The quantitative estimate of drug-likeness (QED) is 0.683. The first-order valence-corrected chi connectivity index (χ1v) is 12.5. The first-order chi connectivity index (χ1) is 13.6. The molecule has 1 fully saturated rings. The molecule has 3 rings (SSSR count). The second-order valence-electron chi connectivity index (χ2n) is 7.36. The zero-order valence-corrected chi connectivity index (χ0v) is 18.8. The molecule has 10 heteroatoms. The highest BCUT2D eigenvalue weighted by molar-refractivity contribution is 7.90. The summed E-state index contributed by atoms with van der Waals surface area (Å²) in [7, 11) is -7.86. The van der Waals surface area contributed by atoms with E-state index in [2.05, 4.69) is 5.10 Å². The Balaban J connectivity index is 2.02. The number of piperidine rings is 1. The van der Waals surface area contributed by atoms with Crippen molar-refractivity contribution >= 4 is 20.0 Å². The van der Waals surface area contributed by atoms with Gasteiger partial charge in [-0.25, -0.2) is 8.42 Å². The largest absolute Gasteiger partial charge is 0.494 e. The monoisotopic (exact) mass is 441 g/mol. The lowest BCUT2D eigenvalue weighted by molar-refractivity contribution is 0.281. The van der Waals surface area contributed by atoms with Crippen molar-refractivity contribution in [2.24, 2.45) is 5.92 Å². The van der Waals surface area contributed by atoms with Gasteiger partial charge in [-0.1, -0.05) is 6.92 Å². The molecular formula is C19H27N3O5S2. The van der Waals surface area contributed by atoms with Crippen LogP contribution < -0.4 is 4.74 Å². The zero-order chi connectivity index (χ0) is 21.4. The Kier molecular flexibility index (Phi) is 6.07. The number of rotatable bonds is 6. The molecule has 0 saturated carbocycles. The van der Waals surface area contributed by atoms with Crippen molar-refractivity contribution in [2.45, 2.75) is 50.3 Å². The van der Waals surface area contributed by atoms with E-state index in [-0.39, 0.29) is 27.1 Å². The molecule has 0 spiro atoms. The summed E-state index contributed by atoms with van der Waals surface area (Å²) in [5.41, 5.74) is 0.268. The summed E-state index contributed by atoms with van der Waals surface area (Å²) in [5.74, 6) is 0.823. The van der Waals surface area contributed by atoms with Crippen molar-refractivity contribution in [1.82, 2.24) is 13.5 Å². The van der Waals surface area contributed by atoms with Gasteiger partial charge in [-0.05, 0) is 63.8 Å². The van der Waals surface area contributed by atoms with Gasteiger partial charge in [0.15, 0.2) is 0 Å². The smallest absolute Gasteiger partial charge is 0.283 e. The van der Waals surface area contributed by atoms with E-state index in [4.69, 9.17) is 4.74 Å². The number of aryl methyl sites for hydroxylation is 1. The molecule has 0 bridgehead atoms. The Morgan fingerprint density at radius 2 is 1.76 bits per heavy atom. The van der Waals surface area contributed by atoms with Crippen molar-refractivity contribution in [3.8, 4) is 5.75 Å². The summed E-state index contributed by atoms with van der Waals surface area (Å²) >= 11 is 0. The van der Waals surface area contributed by atoms with E-state index < -0.39 is 20.0 Å². The van der Waals surface area contributed by atoms with E-state index in [1.54, 1.807) is 12.1 Å². The molecule has 1 saturated heterocycles. The standard InChI is InChI=1S/C19H27N3O5S2/c1-5-27-17-8-10-18(11-9-17)28(23,24)22-16(4)19(15(3)20-22)29(25,26)21-12-6-7-14(2)13-21/h8-11,14H,5-7,12-13H2,1-4H3/t14-/m0/s1. The number of ether oxygens (including phenoxy) is 1. The molecule has 2 aromatic rings. The number of benzene rings is 1. The van der Waals surface area contributed by atoms with Crippen LogP contribution in [-0.4, -0.2) is 50.0 Å². The third-order valence-electron chi connectivity index (χ3n) is 5.06. The fourth-order valence-corrected chi connectivity index (χ4v) is 7.05. The highest BCUT2D eigenvalue weighted by atomic mass is 32.2. The lowest BCUT2D eigenvalue weighted by Crippen LogP contribution is -2.39. The molecule has 0 N–H and O–H groups in total. The van der Waals surface area contributed by atoms with Crippen LogP contribution in [0.5, 0.6) is 5.75 Å². The molecular weight excluding hydrogens is 414 g/mol. The Labute approximate surface area is 172 Å². The molecule has 1 aromatic heterocycles. The molecule has 8 nitrogen and oxygen atoms in total. The van der Waals surface area contributed by atoms with Crippen LogP contribution >= 0.6 is 0 Å². The number of aromatic nitrogens is 2. The van der Waals surface area contributed by atoms with E-state index in [1.807, 2.05) is 13.8 Å². The third kappa shape index (κ3) is 4.06. The van der Waals surface area contributed by atoms with Gasteiger partial charge in [0.25, 0.3) is 10.0 Å². The second-order valence-corrected chi connectivity index (χ2v) is 11.0. The molecule has 1 atom stereocenters. The van der Waals surface area contributed by atoms with Gasteiger partial charge in [-0.15, -0.1) is 0 Å². The van der Waals surface area contributed by atoms with Gasteiger partial charge in [0, 0.05) is 13.1 Å². The van der Waals surface area contributed by atoms with Crippen LogP contribution in [0.2, 0.25) is 0 Å². The van der Waals surface area contributed by atoms with Gasteiger partial charge < -0.3 is 4.74 Å². The van der Waals surface area contributed by atoms with E-state index in [9.17, 15) is 16.8 Å². The van der Waals surface area contributed by atoms with Crippen LogP contribution in [0.1, 0.15) is 38.1 Å². The summed E-state index contributed by atoms with van der Waals surface area (Å²) in [6.07, 6.45) is 1.77. The van der Waals surface area contributed by atoms with Gasteiger partial charge in [-0.3, -0.25) is 0 Å². The maximum atomic E-state index is 13.2. The van der Waals surface area contributed by atoms with Crippen LogP contribution in [0, 0.1) is 19.8 Å². The normalized spacial score (nSPS) is 18.7. The third-order valence-corrected chi connectivity index (χ3v) is 8.86. The Bertz CT molecular complexity index is 1090.